The van der Waals surface area contributed by atoms with Gasteiger partial charge < -0.3 is 5.32 Å². The van der Waals surface area contributed by atoms with E-state index in [1.54, 1.807) is 6.92 Å². The van der Waals surface area contributed by atoms with Crippen molar-refractivity contribution in [2.75, 3.05) is 11.9 Å². The summed E-state index contributed by atoms with van der Waals surface area (Å²) in [4.78, 5) is 24.6. The lowest BCUT2D eigenvalue weighted by Crippen LogP contribution is -2.34. The van der Waals surface area contributed by atoms with Crippen LogP contribution < -0.4 is 5.32 Å². The van der Waals surface area contributed by atoms with Crippen molar-refractivity contribution in [3.63, 3.8) is 0 Å². The number of hydrogen-bond donors (Lipinski definition) is 1. The predicted octanol–water partition coefficient (Wildman–Crippen LogP) is 2.45. The molecule has 0 spiro atoms. The summed E-state index contributed by atoms with van der Waals surface area (Å²) in [5, 5.41) is 2.40. The standard InChI is InChI=1S/C12H14N2O2S/c1-3-14-11(15)10(17-12(14)16)13-9-6-4-5-8(2)7-9/h4-7,10,13H,3H2,1-2H3/t10-/m1/s1. The summed E-state index contributed by atoms with van der Waals surface area (Å²) in [5.74, 6) is -0.163. The van der Waals surface area contributed by atoms with E-state index in [0.29, 0.717) is 6.54 Å². The van der Waals surface area contributed by atoms with Crippen LogP contribution in [-0.4, -0.2) is 28.0 Å². The molecule has 1 aliphatic rings. The highest BCUT2D eigenvalue weighted by atomic mass is 32.2. The van der Waals surface area contributed by atoms with Crippen LogP contribution in [0.3, 0.4) is 0 Å². The number of anilines is 1. The van der Waals surface area contributed by atoms with Crippen LogP contribution in [0.5, 0.6) is 0 Å². The van der Waals surface area contributed by atoms with E-state index in [9.17, 15) is 9.59 Å². The van der Waals surface area contributed by atoms with E-state index in [2.05, 4.69) is 5.32 Å². The molecular formula is C12H14N2O2S. The van der Waals surface area contributed by atoms with E-state index in [-0.39, 0.29) is 11.1 Å². The molecule has 2 rings (SSSR count). The van der Waals surface area contributed by atoms with Gasteiger partial charge in [-0.25, -0.2) is 0 Å². The van der Waals surface area contributed by atoms with Crippen LogP contribution >= 0.6 is 11.8 Å². The molecule has 1 atom stereocenters. The molecule has 1 aromatic carbocycles. The van der Waals surface area contributed by atoms with Crippen molar-refractivity contribution in [2.24, 2.45) is 0 Å². The van der Waals surface area contributed by atoms with Crippen molar-refractivity contribution in [3.05, 3.63) is 29.8 Å². The van der Waals surface area contributed by atoms with E-state index in [4.69, 9.17) is 0 Å². The maximum atomic E-state index is 11.9. The number of amides is 2. The first-order chi connectivity index (χ1) is 8.11. The van der Waals surface area contributed by atoms with Crippen LogP contribution in [0.15, 0.2) is 24.3 Å². The SMILES string of the molecule is CCN1C(=O)S[C@@H](Nc2cccc(C)c2)C1=O. The minimum absolute atomic E-state index is 0.163. The Balaban J connectivity index is 2.11. The van der Waals surface area contributed by atoms with Gasteiger partial charge in [-0.2, -0.15) is 0 Å². The minimum atomic E-state index is -0.496. The largest absolute Gasteiger partial charge is 0.365 e. The van der Waals surface area contributed by atoms with Gasteiger partial charge in [0.15, 0.2) is 5.37 Å². The van der Waals surface area contributed by atoms with Gasteiger partial charge in [0.05, 0.1) is 0 Å². The molecule has 0 unspecified atom stereocenters. The smallest absolute Gasteiger partial charge is 0.290 e. The maximum Gasteiger partial charge on any atom is 0.290 e. The molecule has 0 radical (unpaired) electrons. The number of benzene rings is 1. The summed E-state index contributed by atoms with van der Waals surface area (Å²) in [6.45, 7) is 4.21. The molecule has 4 nitrogen and oxygen atoms in total. The minimum Gasteiger partial charge on any atom is -0.365 e. The van der Waals surface area contributed by atoms with Crippen LogP contribution in [-0.2, 0) is 4.79 Å². The summed E-state index contributed by atoms with van der Waals surface area (Å²) in [6.07, 6.45) is 0. The molecule has 1 saturated heterocycles. The van der Waals surface area contributed by atoms with Crippen LogP contribution in [0.4, 0.5) is 10.5 Å². The van der Waals surface area contributed by atoms with Crippen molar-refractivity contribution >= 4 is 28.6 Å². The highest BCUT2D eigenvalue weighted by Gasteiger charge is 2.38. The van der Waals surface area contributed by atoms with Crippen LogP contribution in [0.2, 0.25) is 0 Å². The van der Waals surface area contributed by atoms with Gasteiger partial charge in [-0.15, -0.1) is 0 Å². The first kappa shape index (κ1) is 12.0. The number of carbonyl (C=O) groups is 2. The first-order valence-electron chi connectivity index (χ1n) is 5.47. The average molecular weight is 250 g/mol. The lowest BCUT2D eigenvalue weighted by atomic mass is 10.2. The highest BCUT2D eigenvalue weighted by molar-refractivity contribution is 8.15. The number of likely N-dealkylation sites (N-methyl/N-ethyl adjacent to an activating group) is 1. The van der Waals surface area contributed by atoms with Gasteiger partial charge in [0.2, 0.25) is 0 Å². The van der Waals surface area contributed by atoms with Crippen molar-refractivity contribution in [3.8, 4) is 0 Å². The Hall–Kier alpha value is -1.49. The number of nitrogens with zero attached hydrogens (tertiary/aromatic N) is 1. The third-order valence-electron chi connectivity index (χ3n) is 2.56. The van der Waals surface area contributed by atoms with E-state index < -0.39 is 5.37 Å². The molecule has 90 valence electrons. The summed E-state index contributed by atoms with van der Waals surface area (Å²) in [5.41, 5.74) is 1.98. The second-order valence-corrected chi connectivity index (χ2v) is 4.92. The lowest BCUT2D eigenvalue weighted by Gasteiger charge is -2.13. The summed E-state index contributed by atoms with van der Waals surface area (Å²) >= 11 is 1.03. The second-order valence-electron chi connectivity index (χ2n) is 3.86. The molecule has 5 heteroatoms. The zero-order chi connectivity index (χ0) is 12.4. The number of rotatable bonds is 3. The van der Waals surface area contributed by atoms with Gasteiger partial charge in [0.1, 0.15) is 0 Å². The van der Waals surface area contributed by atoms with E-state index in [1.165, 1.54) is 4.90 Å². The third kappa shape index (κ3) is 2.44. The quantitative estimate of drug-likeness (QED) is 0.895. The maximum absolute atomic E-state index is 11.9. The molecule has 1 N–H and O–H groups in total. The Kier molecular flexibility index (Phi) is 3.38. The molecule has 0 aliphatic carbocycles. The summed E-state index contributed by atoms with van der Waals surface area (Å²) < 4.78 is 0. The third-order valence-corrected chi connectivity index (χ3v) is 3.54. The molecule has 1 aliphatic heterocycles. The number of aryl methyl sites for hydroxylation is 1. The predicted molar refractivity (Wildman–Crippen MR) is 69.0 cm³/mol. The van der Waals surface area contributed by atoms with Crippen molar-refractivity contribution < 1.29 is 9.59 Å². The Morgan fingerprint density at radius 2 is 2.18 bits per heavy atom. The van der Waals surface area contributed by atoms with Crippen molar-refractivity contribution in [2.45, 2.75) is 19.2 Å². The first-order valence-corrected chi connectivity index (χ1v) is 6.35. The van der Waals surface area contributed by atoms with Gasteiger partial charge in [-0.05, 0) is 43.3 Å². The van der Waals surface area contributed by atoms with Gasteiger partial charge >= 0.3 is 0 Å². The summed E-state index contributed by atoms with van der Waals surface area (Å²) in [6, 6.07) is 7.74. The molecule has 0 aromatic heterocycles. The van der Waals surface area contributed by atoms with E-state index in [0.717, 1.165) is 23.0 Å². The molecule has 2 amide bonds. The molecule has 1 fully saturated rings. The van der Waals surface area contributed by atoms with Crippen molar-refractivity contribution in [1.82, 2.24) is 4.90 Å². The summed E-state index contributed by atoms with van der Waals surface area (Å²) in [7, 11) is 0. The zero-order valence-electron chi connectivity index (χ0n) is 9.77. The fraction of sp³-hybridized carbons (Fsp3) is 0.333. The Morgan fingerprint density at radius 1 is 1.41 bits per heavy atom. The van der Waals surface area contributed by atoms with Crippen LogP contribution in [0.1, 0.15) is 12.5 Å². The van der Waals surface area contributed by atoms with Gasteiger partial charge in [-0.1, -0.05) is 12.1 Å². The van der Waals surface area contributed by atoms with Crippen LogP contribution in [0, 0.1) is 6.92 Å². The Labute approximate surface area is 104 Å². The molecule has 1 heterocycles. The second kappa shape index (κ2) is 4.79. The highest BCUT2D eigenvalue weighted by Crippen LogP contribution is 2.27. The lowest BCUT2D eigenvalue weighted by molar-refractivity contribution is -0.126. The molecule has 0 saturated carbocycles. The van der Waals surface area contributed by atoms with Gasteiger partial charge in [0, 0.05) is 12.2 Å². The monoisotopic (exact) mass is 250 g/mol. The number of nitrogens with one attached hydrogen (secondary N) is 1. The van der Waals surface area contributed by atoms with E-state index in [1.807, 2.05) is 31.2 Å². The zero-order valence-corrected chi connectivity index (χ0v) is 10.6. The molecule has 17 heavy (non-hydrogen) atoms. The fourth-order valence-corrected chi connectivity index (χ4v) is 2.68. The normalized spacial score (nSPS) is 19.9. The Bertz CT molecular complexity index is 462. The average Bonchev–Trinajstić information content (AvgIpc) is 2.54. The number of imide groups is 1. The van der Waals surface area contributed by atoms with Crippen molar-refractivity contribution in [1.29, 1.82) is 0 Å². The molecule has 1 aromatic rings. The van der Waals surface area contributed by atoms with Crippen LogP contribution in [0.25, 0.3) is 0 Å². The number of hydrogen-bond acceptors (Lipinski definition) is 4. The number of thioether (sulfide) groups is 1. The molecular weight excluding hydrogens is 236 g/mol. The Morgan fingerprint density at radius 3 is 2.76 bits per heavy atom. The number of carbonyl (C=O) groups excluding carboxylic acids is 2. The molecule has 0 bridgehead atoms. The van der Waals surface area contributed by atoms with E-state index >= 15 is 0 Å². The topological polar surface area (TPSA) is 49.4 Å². The van der Waals surface area contributed by atoms with Gasteiger partial charge in [0.25, 0.3) is 11.1 Å². The van der Waals surface area contributed by atoms with Gasteiger partial charge in [-0.3, -0.25) is 14.5 Å². The fourth-order valence-electron chi connectivity index (χ4n) is 1.71.